The van der Waals surface area contributed by atoms with Crippen LogP contribution in [0.3, 0.4) is 0 Å². The molecule has 0 N–H and O–H groups in total. The van der Waals surface area contributed by atoms with E-state index >= 15 is 0 Å². The lowest BCUT2D eigenvalue weighted by Gasteiger charge is -2.35. The van der Waals surface area contributed by atoms with Crippen LogP contribution in [0.25, 0.3) is 0 Å². The molecule has 2 aliphatic rings. The molecule has 2 rings (SSSR count). The molecule has 0 heterocycles. The molecule has 2 saturated carbocycles. The van der Waals surface area contributed by atoms with Crippen molar-refractivity contribution in [2.24, 2.45) is 28.7 Å². The zero-order valence-electron chi connectivity index (χ0n) is 9.79. The highest BCUT2D eigenvalue weighted by molar-refractivity contribution is 5.90. The Hall–Kier alpha value is -0.330. The molecule has 0 radical (unpaired) electrons. The normalized spacial score (nSPS) is 28.4. The smallest absolute Gasteiger partial charge is 0.0276 e. The maximum atomic E-state index is 4.53. The number of hydrogen-bond acceptors (Lipinski definition) is 1. The summed E-state index contributed by atoms with van der Waals surface area (Å²) >= 11 is 0. The summed E-state index contributed by atoms with van der Waals surface area (Å²) in [5, 5.41) is 0. The largest absolute Gasteiger partial charge is 0.297 e. The quantitative estimate of drug-likeness (QED) is 0.606. The van der Waals surface area contributed by atoms with Crippen molar-refractivity contribution in [1.82, 2.24) is 0 Å². The van der Waals surface area contributed by atoms with E-state index in [2.05, 4.69) is 18.8 Å². The van der Waals surface area contributed by atoms with Gasteiger partial charge in [-0.3, -0.25) is 4.99 Å². The van der Waals surface area contributed by atoms with E-state index in [4.69, 9.17) is 0 Å². The highest BCUT2D eigenvalue weighted by Crippen LogP contribution is 2.41. The maximum Gasteiger partial charge on any atom is 0.0276 e. The van der Waals surface area contributed by atoms with Crippen molar-refractivity contribution in [3.05, 3.63) is 0 Å². The summed E-state index contributed by atoms with van der Waals surface area (Å²) in [5.74, 6) is 3.46. The Morgan fingerprint density at radius 3 is 2.14 bits per heavy atom. The Morgan fingerprint density at radius 2 is 1.79 bits per heavy atom. The van der Waals surface area contributed by atoms with Gasteiger partial charge in [0.15, 0.2) is 0 Å². The van der Waals surface area contributed by atoms with Gasteiger partial charge in [-0.1, -0.05) is 33.1 Å². The number of aliphatic imine (C=N–C) groups is 1. The molecule has 2 fully saturated rings. The van der Waals surface area contributed by atoms with Crippen LogP contribution in [-0.4, -0.2) is 12.8 Å². The van der Waals surface area contributed by atoms with Gasteiger partial charge in [-0.05, 0) is 36.5 Å². The molecule has 1 nitrogen and oxygen atoms in total. The summed E-state index contributed by atoms with van der Waals surface area (Å²) in [6.45, 7) is 4.83. The zero-order valence-corrected chi connectivity index (χ0v) is 9.79. The molecule has 14 heavy (non-hydrogen) atoms. The van der Waals surface area contributed by atoms with E-state index in [1.165, 1.54) is 37.8 Å². The van der Waals surface area contributed by atoms with E-state index < -0.39 is 0 Å². The van der Waals surface area contributed by atoms with Crippen LogP contribution in [0.15, 0.2) is 4.99 Å². The van der Waals surface area contributed by atoms with Gasteiger partial charge in [0.1, 0.15) is 0 Å². The van der Waals surface area contributed by atoms with Gasteiger partial charge >= 0.3 is 0 Å². The summed E-state index contributed by atoms with van der Waals surface area (Å²) in [6.07, 6.45) is 7.19. The van der Waals surface area contributed by atoms with Crippen LogP contribution in [-0.2, 0) is 0 Å². The molecular formula is C13H23N. The Kier molecular flexibility index (Phi) is 2.94. The van der Waals surface area contributed by atoms with Crippen molar-refractivity contribution in [1.29, 1.82) is 0 Å². The molecule has 0 aliphatic heterocycles. The molecule has 0 aromatic rings. The minimum absolute atomic E-state index is 0.734. The number of nitrogens with zero attached hydrogens (tertiary/aromatic N) is 1. The van der Waals surface area contributed by atoms with Crippen molar-refractivity contribution < 1.29 is 0 Å². The van der Waals surface area contributed by atoms with Gasteiger partial charge in [0, 0.05) is 12.8 Å². The fourth-order valence-electron chi connectivity index (χ4n) is 2.78. The third-order valence-electron chi connectivity index (χ3n) is 4.40. The van der Waals surface area contributed by atoms with Crippen LogP contribution >= 0.6 is 0 Å². The Morgan fingerprint density at radius 1 is 1.14 bits per heavy atom. The van der Waals surface area contributed by atoms with Crippen molar-refractivity contribution in [3.63, 3.8) is 0 Å². The molecule has 0 spiro atoms. The van der Waals surface area contributed by atoms with E-state index in [1.54, 1.807) is 0 Å². The van der Waals surface area contributed by atoms with Crippen LogP contribution in [0.1, 0.15) is 46.0 Å². The number of hydrogen-bond donors (Lipinski definition) is 0. The predicted octanol–water partition coefficient (Wildman–Crippen LogP) is 3.54. The van der Waals surface area contributed by atoms with E-state index in [0.29, 0.717) is 0 Å². The Balaban J connectivity index is 1.94. The van der Waals surface area contributed by atoms with Crippen molar-refractivity contribution in [3.8, 4) is 0 Å². The van der Waals surface area contributed by atoms with E-state index in [9.17, 15) is 0 Å². The van der Waals surface area contributed by atoms with Gasteiger partial charge in [-0.2, -0.15) is 0 Å². The standard InChI is InChI=1S/C13H23N/c1-9(11-5-4-6-11)10(2)13(14-3)12-7-8-12/h9-12H,4-8H2,1-3H3. The summed E-state index contributed by atoms with van der Waals surface area (Å²) < 4.78 is 0. The molecule has 0 amide bonds. The first-order valence-electron chi connectivity index (χ1n) is 6.20. The fraction of sp³-hybridized carbons (Fsp3) is 0.923. The third kappa shape index (κ3) is 1.87. The van der Waals surface area contributed by atoms with Gasteiger partial charge in [-0.15, -0.1) is 0 Å². The van der Waals surface area contributed by atoms with E-state index in [0.717, 1.165) is 23.7 Å². The average Bonchev–Trinajstić information content (AvgIpc) is 2.86. The van der Waals surface area contributed by atoms with Gasteiger partial charge < -0.3 is 0 Å². The summed E-state index contributed by atoms with van der Waals surface area (Å²) in [7, 11) is 1.98. The van der Waals surface area contributed by atoms with Crippen molar-refractivity contribution in [2.45, 2.75) is 46.0 Å². The van der Waals surface area contributed by atoms with Gasteiger partial charge in [0.25, 0.3) is 0 Å². The van der Waals surface area contributed by atoms with Crippen molar-refractivity contribution >= 4 is 5.71 Å². The van der Waals surface area contributed by atoms with Crippen LogP contribution in [0, 0.1) is 23.7 Å². The highest BCUT2D eigenvalue weighted by atomic mass is 14.7. The summed E-state index contributed by atoms with van der Waals surface area (Å²) in [5.41, 5.74) is 1.52. The van der Waals surface area contributed by atoms with Gasteiger partial charge in [0.05, 0.1) is 0 Å². The first-order valence-corrected chi connectivity index (χ1v) is 6.20. The van der Waals surface area contributed by atoms with Crippen LogP contribution in [0.5, 0.6) is 0 Å². The van der Waals surface area contributed by atoms with Crippen LogP contribution < -0.4 is 0 Å². The first-order chi connectivity index (χ1) is 6.74. The Bertz CT molecular complexity index is 223. The van der Waals surface area contributed by atoms with E-state index in [1.807, 2.05) is 7.05 Å². The molecule has 0 aromatic carbocycles. The lowest BCUT2D eigenvalue weighted by atomic mass is 9.70. The predicted molar refractivity (Wildman–Crippen MR) is 61.8 cm³/mol. The lowest BCUT2D eigenvalue weighted by molar-refractivity contribution is 0.193. The monoisotopic (exact) mass is 193 g/mol. The molecule has 2 atom stereocenters. The molecule has 2 unspecified atom stereocenters. The SMILES string of the molecule is CN=C(C1CC1)C(C)C(C)C1CCC1. The second-order valence-electron chi connectivity index (χ2n) is 5.26. The minimum Gasteiger partial charge on any atom is -0.297 e. The Labute approximate surface area is 88.0 Å². The molecule has 0 saturated heterocycles. The number of rotatable bonds is 4. The third-order valence-corrected chi connectivity index (χ3v) is 4.40. The minimum atomic E-state index is 0.734. The topological polar surface area (TPSA) is 12.4 Å². The molecule has 80 valence electrons. The van der Waals surface area contributed by atoms with E-state index in [-0.39, 0.29) is 0 Å². The second-order valence-corrected chi connectivity index (χ2v) is 5.26. The zero-order chi connectivity index (χ0) is 10.1. The fourth-order valence-corrected chi connectivity index (χ4v) is 2.78. The van der Waals surface area contributed by atoms with Gasteiger partial charge in [0.2, 0.25) is 0 Å². The average molecular weight is 193 g/mol. The molecule has 1 heteroatoms. The molecule has 0 bridgehead atoms. The first kappa shape index (κ1) is 10.2. The second kappa shape index (κ2) is 4.04. The van der Waals surface area contributed by atoms with Crippen molar-refractivity contribution in [2.75, 3.05) is 7.05 Å². The molecule has 0 aromatic heterocycles. The molecular weight excluding hydrogens is 170 g/mol. The van der Waals surface area contributed by atoms with Crippen LogP contribution in [0.2, 0.25) is 0 Å². The lowest BCUT2D eigenvalue weighted by Crippen LogP contribution is -2.30. The molecule has 2 aliphatic carbocycles. The summed E-state index contributed by atoms with van der Waals surface area (Å²) in [6, 6.07) is 0. The maximum absolute atomic E-state index is 4.53. The van der Waals surface area contributed by atoms with Crippen LogP contribution in [0.4, 0.5) is 0 Å². The highest BCUT2D eigenvalue weighted by Gasteiger charge is 2.36. The van der Waals surface area contributed by atoms with Gasteiger partial charge in [-0.25, -0.2) is 0 Å². The summed E-state index contributed by atoms with van der Waals surface area (Å²) in [4.78, 5) is 4.53.